The summed E-state index contributed by atoms with van der Waals surface area (Å²) >= 11 is 11.8. The van der Waals surface area contributed by atoms with E-state index in [0.29, 0.717) is 21.3 Å². The van der Waals surface area contributed by atoms with Gasteiger partial charge in [0.05, 0.1) is 15.7 Å². The van der Waals surface area contributed by atoms with Gasteiger partial charge in [0.25, 0.3) is 5.91 Å². The van der Waals surface area contributed by atoms with Crippen molar-refractivity contribution in [2.24, 2.45) is 0 Å². The molecule has 0 atom stereocenters. The number of halogens is 2. The van der Waals surface area contributed by atoms with E-state index in [1.807, 2.05) is 0 Å². The van der Waals surface area contributed by atoms with E-state index in [2.05, 4.69) is 20.8 Å². The summed E-state index contributed by atoms with van der Waals surface area (Å²) in [7, 11) is 0. The molecular formula is C14H9Cl2N5O. The normalized spacial score (nSPS) is 10.5. The Morgan fingerprint density at radius 3 is 2.45 bits per heavy atom. The lowest BCUT2D eigenvalue weighted by Gasteiger charge is -2.07. The lowest BCUT2D eigenvalue weighted by Crippen LogP contribution is -2.12. The van der Waals surface area contributed by atoms with Crippen LogP contribution in [-0.2, 0) is 0 Å². The van der Waals surface area contributed by atoms with Crippen molar-refractivity contribution < 1.29 is 4.79 Å². The minimum atomic E-state index is -0.248. The van der Waals surface area contributed by atoms with Crippen LogP contribution in [-0.4, -0.2) is 26.1 Å². The highest BCUT2D eigenvalue weighted by molar-refractivity contribution is 6.42. The maximum Gasteiger partial charge on any atom is 0.255 e. The fraction of sp³-hybridized carbons (Fsp3) is 0. The van der Waals surface area contributed by atoms with E-state index in [0.717, 1.165) is 5.69 Å². The number of aromatic nitrogens is 4. The number of benzene rings is 2. The molecule has 0 saturated carbocycles. The lowest BCUT2D eigenvalue weighted by atomic mass is 10.2. The summed E-state index contributed by atoms with van der Waals surface area (Å²) in [5, 5.41) is 14.5. The molecule has 22 heavy (non-hydrogen) atoms. The van der Waals surface area contributed by atoms with Crippen molar-refractivity contribution in [3.8, 4) is 5.69 Å². The summed E-state index contributed by atoms with van der Waals surface area (Å²) in [4.78, 5) is 12.2. The molecule has 0 aliphatic heterocycles. The first-order chi connectivity index (χ1) is 10.6. The first kappa shape index (κ1) is 14.5. The van der Waals surface area contributed by atoms with Crippen molar-refractivity contribution in [1.29, 1.82) is 0 Å². The van der Waals surface area contributed by atoms with E-state index in [1.54, 1.807) is 42.5 Å². The van der Waals surface area contributed by atoms with Crippen molar-refractivity contribution in [1.82, 2.24) is 20.2 Å². The summed E-state index contributed by atoms with van der Waals surface area (Å²) in [6.07, 6.45) is 1.48. The Morgan fingerprint density at radius 2 is 1.82 bits per heavy atom. The minimum Gasteiger partial charge on any atom is -0.322 e. The number of anilines is 1. The average molecular weight is 334 g/mol. The highest BCUT2D eigenvalue weighted by Gasteiger charge is 2.08. The Labute approximate surface area is 135 Å². The average Bonchev–Trinajstić information content (AvgIpc) is 3.05. The molecule has 3 aromatic rings. The predicted octanol–water partition coefficient (Wildman–Crippen LogP) is 3.22. The van der Waals surface area contributed by atoms with Crippen LogP contribution in [0.15, 0.2) is 48.8 Å². The molecule has 3 rings (SSSR count). The highest BCUT2D eigenvalue weighted by Crippen LogP contribution is 2.25. The standard InChI is InChI=1S/C14H9Cl2N5O/c15-12-6-3-10(7-13(12)16)18-14(22)9-1-4-11(5-2-9)21-8-17-19-20-21/h1-8H,(H,18,22). The molecule has 0 radical (unpaired) electrons. The third-order valence-electron chi connectivity index (χ3n) is 2.92. The van der Waals surface area contributed by atoms with Crippen molar-refractivity contribution in [3.05, 3.63) is 64.4 Å². The van der Waals surface area contributed by atoms with E-state index in [4.69, 9.17) is 23.2 Å². The second kappa shape index (κ2) is 6.13. The molecule has 2 aromatic carbocycles. The zero-order chi connectivity index (χ0) is 15.5. The number of nitrogens with one attached hydrogen (secondary N) is 1. The minimum absolute atomic E-state index is 0.248. The number of carbonyl (C=O) groups excluding carboxylic acids is 1. The van der Waals surface area contributed by atoms with Gasteiger partial charge in [-0.05, 0) is 52.9 Å². The molecule has 0 fully saturated rings. The smallest absolute Gasteiger partial charge is 0.255 e. The maximum atomic E-state index is 12.2. The van der Waals surface area contributed by atoms with Gasteiger partial charge in [-0.3, -0.25) is 4.79 Å². The van der Waals surface area contributed by atoms with Crippen LogP contribution in [0.4, 0.5) is 5.69 Å². The number of carbonyl (C=O) groups is 1. The first-order valence-corrected chi connectivity index (χ1v) is 6.99. The van der Waals surface area contributed by atoms with Crippen LogP contribution in [0.1, 0.15) is 10.4 Å². The summed E-state index contributed by atoms with van der Waals surface area (Å²) in [6.45, 7) is 0. The maximum absolute atomic E-state index is 12.2. The van der Waals surface area contributed by atoms with Crippen molar-refractivity contribution in [2.45, 2.75) is 0 Å². The Kier molecular flexibility index (Phi) is 4.04. The molecule has 6 nitrogen and oxygen atoms in total. The molecule has 1 N–H and O–H groups in total. The van der Waals surface area contributed by atoms with E-state index < -0.39 is 0 Å². The Balaban J connectivity index is 1.76. The van der Waals surface area contributed by atoms with Crippen LogP contribution in [0.3, 0.4) is 0 Å². The molecule has 1 aromatic heterocycles. The molecule has 0 aliphatic rings. The Bertz CT molecular complexity index is 803. The van der Waals surface area contributed by atoms with Gasteiger partial charge in [-0.2, -0.15) is 0 Å². The number of tetrazole rings is 1. The fourth-order valence-electron chi connectivity index (χ4n) is 1.82. The number of nitrogens with zero attached hydrogens (tertiary/aromatic N) is 4. The van der Waals surface area contributed by atoms with Gasteiger partial charge in [0.15, 0.2) is 0 Å². The largest absolute Gasteiger partial charge is 0.322 e. The summed E-state index contributed by atoms with van der Waals surface area (Å²) in [5.74, 6) is -0.248. The molecule has 0 bridgehead atoms. The highest BCUT2D eigenvalue weighted by atomic mass is 35.5. The molecule has 0 unspecified atom stereocenters. The number of rotatable bonds is 3. The molecule has 8 heteroatoms. The van der Waals surface area contributed by atoms with E-state index >= 15 is 0 Å². The van der Waals surface area contributed by atoms with Crippen LogP contribution in [0.2, 0.25) is 10.0 Å². The van der Waals surface area contributed by atoms with E-state index in [-0.39, 0.29) is 5.91 Å². The van der Waals surface area contributed by atoms with Crippen LogP contribution in [0.25, 0.3) is 5.69 Å². The van der Waals surface area contributed by atoms with Crippen molar-refractivity contribution in [3.63, 3.8) is 0 Å². The van der Waals surface area contributed by atoms with Gasteiger partial charge in [0.1, 0.15) is 6.33 Å². The monoisotopic (exact) mass is 333 g/mol. The zero-order valence-corrected chi connectivity index (χ0v) is 12.6. The first-order valence-electron chi connectivity index (χ1n) is 6.23. The molecule has 0 saturated heterocycles. The Morgan fingerprint density at radius 1 is 1.05 bits per heavy atom. The quantitative estimate of drug-likeness (QED) is 0.798. The summed E-state index contributed by atoms with van der Waals surface area (Å²) in [6, 6.07) is 11.8. The second-order valence-electron chi connectivity index (χ2n) is 4.38. The Hall–Kier alpha value is -2.44. The molecule has 0 aliphatic carbocycles. The molecule has 0 spiro atoms. The van der Waals surface area contributed by atoms with Gasteiger partial charge in [0.2, 0.25) is 0 Å². The molecule has 110 valence electrons. The van der Waals surface area contributed by atoms with Gasteiger partial charge in [0, 0.05) is 11.3 Å². The third-order valence-corrected chi connectivity index (χ3v) is 3.66. The van der Waals surface area contributed by atoms with E-state index in [1.165, 1.54) is 11.0 Å². The lowest BCUT2D eigenvalue weighted by molar-refractivity contribution is 0.102. The molecule has 1 amide bonds. The number of hydrogen-bond acceptors (Lipinski definition) is 4. The SMILES string of the molecule is O=C(Nc1ccc(Cl)c(Cl)c1)c1ccc(-n2cnnn2)cc1. The second-order valence-corrected chi connectivity index (χ2v) is 5.20. The number of hydrogen-bond donors (Lipinski definition) is 1. The predicted molar refractivity (Wildman–Crippen MR) is 83.6 cm³/mol. The molecular weight excluding hydrogens is 325 g/mol. The van der Waals surface area contributed by atoms with Crippen LogP contribution >= 0.6 is 23.2 Å². The van der Waals surface area contributed by atoms with Gasteiger partial charge in [-0.1, -0.05) is 23.2 Å². The zero-order valence-electron chi connectivity index (χ0n) is 11.1. The summed E-state index contributed by atoms with van der Waals surface area (Å²) < 4.78 is 1.50. The van der Waals surface area contributed by atoms with Crippen molar-refractivity contribution in [2.75, 3.05) is 5.32 Å². The molecule has 1 heterocycles. The van der Waals surface area contributed by atoms with Gasteiger partial charge >= 0.3 is 0 Å². The van der Waals surface area contributed by atoms with Gasteiger partial charge in [-0.25, -0.2) is 4.68 Å². The van der Waals surface area contributed by atoms with Gasteiger partial charge < -0.3 is 5.32 Å². The van der Waals surface area contributed by atoms with Gasteiger partial charge in [-0.15, -0.1) is 5.10 Å². The van der Waals surface area contributed by atoms with Crippen molar-refractivity contribution >= 4 is 34.8 Å². The topological polar surface area (TPSA) is 72.7 Å². The third kappa shape index (κ3) is 3.08. The fourth-order valence-corrected chi connectivity index (χ4v) is 2.12. The van der Waals surface area contributed by atoms with E-state index in [9.17, 15) is 4.79 Å². The van der Waals surface area contributed by atoms with Crippen LogP contribution in [0.5, 0.6) is 0 Å². The summed E-state index contributed by atoms with van der Waals surface area (Å²) in [5.41, 5.74) is 1.84. The van der Waals surface area contributed by atoms with Crippen LogP contribution in [0, 0.1) is 0 Å². The van der Waals surface area contributed by atoms with Crippen LogP contribution < -0.4 is 5.32 Å². The number of amides is 1.